The summed E-state index contributed by atoms with van der Waals surface area (Å²) in [6, 6.07) is 0. The Bertz CT molecular complexity index is 276. The first kappa shape index (κ1) is 15.8. The Kier molecular flexibility index (Phi) is 7.35. The van der Waals surface area contributed by atoms with Crippen molar-refractivity contribution in [3.05, 3.63) is 18.4 Å². The lowest BCUT2D eigenvalue weighted by atomic mass is 10.2. The molecule has 0 bridgehead atoms. The monoisotopic (exact) mass is 240 g/mol. The van der Waals surface area contributed by atoms with Crippen LogP contribution in [0.1, 0.15) is 33.6 Å². The number of hydrogen-bond acceptors (Lipinski definition) is 3. The van der Waals surface area contributed by atoms with Crippen LogP contribution in [0.2, 0.25) is 0 Å². The summed E-state index contributed by atoms with van der Waals surface area (Å²) in [7, 11) is 0. The minimum absolute atomic E-state index is 0.305. The van der Waals surface area contributed by atoms with E-state index in [9.17, 15) is 4.79 Å². The summed E-state index contributed by atoms with van der Waals surface area (Å²) in [6.07, 6.45) is 3.19. The van der Waals surface area contributed by atoms with Gasteiger partial charge in [-0.2, -0.15) is 0 Å². The summed E-state index contributed by atoms with van der Waals surface area (Å²) >= 11 is 0. The lowest BCUT2D eigenvalue weighted by Crippen LogP contribution is -2.37. The summed E-state index contributed by atoms with van der Waals surface area (Å²) in [6.45, 7) is 10.8. The van der Waals surface area contributed by atoms with Crippen LogP contribution in [-0.2, 0) is 4.74 Å². The second-order valence-corrected chi connectivity index (χ2v) is 4.83. The molecular weight excluding hydrogens is 216 g/mol. The lowest BCUT2D eigenvalue weighted by Gasteiger charge is -2.26. The quantitative estimate of drug-likeness (QED) is 0.572. The fraction of sp³-hybridized carbons (Fsp3) is 0.692. The van der Waals surface area contributed by atoms with E-state index in [2.05, 4.69) is 12.3 Å². The Labute approximate surface area is 104 Å². The number of nitrogens with zero attached hydrogens (tertiary/aromatic N) is 1. The Balaban J connectivity index is 4.33. The standard InChI is InChI=1S/C13H24N2O2/c1-5-6-10-15(11-8-7-9-14)12(16)17-13(2,3)4/h6H,1,7-11,14H2,2-4H3. The summed E-state index contributed by atoms with van der Waals surface area (Å²) in [5.74, 6) is 0. The molecule has 0 aliphatic carbocycles. The summed E-state index contributed by atoms with van der Waals surface area (Å²) in [4.78, 5) is 13.5. The van der Waals surface area contributed by atoms with E-state index in [1.165, 1.54) is 0 Å². The Morgan fingerprint density at radius 2 is 2.12 bits per heavy atom. The summed E-state index contributed by atoms with van der Waals surface area (Å²) in [5.41, 5.74) is 7.61. The van der Waals surface area contributed by atoms with Gasteiger partial charge in [-0.15, -0.1) is 5.73 Å². The van der Waals surface area contributed by atoms with Gasteiger partial charge in [0.05, 0.1) is 0 Å². The molecule has 0 aromatic carbocycles. The smallest absolute Gasteiger partial charge is 0.410 e. The second kappa shape index (κ2) is 7.93. The third kappa shape index (κ3) is 8.55. The van der Waals surface area contributed by atoms with E-state index in [4.69, 9.17) is 10.5 Å². The summed E-state index contributed by atoms with van der Waals surface area (Å²) < 4.78 is 5.32. The molecule has 0 aromatic heterocycles. The van der Waals surface area contributed by atoms with Gasteiger partial charge in [0.25, 0.3) is 0 Å². The topological polar surface area (TPSA) is 55.6 Å². The van der Waals surface area contributed by atoms with Gasteiger partial charge in [-0.1, -0.05) is 6.58 Å². The van der Waals surface area contributed by atoms with Crippen LogP contribution >= 0.6 is 0 Å². The molecule has 0 atom stereocenters. The highest BCUT2D eigenvalue weighted by Crippen LogP contribution is 2.10. The first-order valence-corrected chi connectivity index (χ1v) is 5.93. The number of unbranched alkanes of at least 4 members (excludes halogenated alkanes) is 1. The molecule has 2 N–H and O–H groups in total. The molecule has 0 unspecified atom stereocenters. The molecule has 1 amide bonds. The number of nitrogens with two attached hydrogens (primary N) is 1. The van der Waals surface area contributed by atoms with Crippen molar-refractivity contribution < 1.29 is 9.53 Å². The van der Waals surface area contributed by atoms with Crippen molar-refractivity contribution in [3.63, 3.8) is 0 Å². The van der Waals surface area contributed by atoms with Gasteiger partial charge in [0.15, 0.2) is 0 Å². The highest BCUT2D eigenvalue weighted by Gasteiger charge is 2.20. The number of hydrogen-bond donors (Lipinski definition) is 1. The van der Waals surface area contributed by atoms with Crippen molar-refractivity contribution in [2.24, 2.45) is 5.73 Å². The van der Waals surface area contributed by atoms with Gasteiger partial charge in [-0.05, 0) is 46.2 Å². The molecule has 0 rings (SSSR count). The Morgan fingerprint density at radius 3 is 2.59 bits per heavy atom. The van der Waals surface area contributed by atoms with Gasteiger partial charge in [-0.3, -0.25) is 0 Å². The highest BCUT2D eigenvalue weighted by molar-refractivity contribution is 5.68. The van der Waals surface area contributed by atoms with Crippen molar-refractivity contribution in [1.29, 1.82) is 0 Å². The molecule has 0 aliphatic heterocycles. The third-order valence-electron chi connectivity index (χ3n) is 1.99. The lowest BCUT2D eigenvalue weighted by molar-refractivity contribution is 0.0269. The number of carbonyl (C=O) groups excluding carboxylic acids is 1. The van der Waals surface area contributed by atoms with Crippen molar-refractivity contribution in [2.45, 2.75) is 39.2 Å². The van der Waals surface area contributed by atoms with Crippen molar-refractivity contribution in [2.75, 3.05) is 19.6 Å². The zero-order valence-electron chi connectivity index (χ0n) is 11.2. The molecule has 0 aromatic rings. The molecule has 0 aliphatic rings. The molecule has 17 heavy (non-hydrogen) atoms. The van der Waals surface area contributed by atoms with Gasteiger partial charge in [0.2, 0.25) is 0 Å². The fourth-order valence-corrected chi connectivity index (χ4v) is 1.21. The van der Waals surface area contributed by atoms with Crippen molar-refractivity contribution >= 4 is 6.09 Å². The van der Waals surface area contributed by atoms with Crippen LogP contribution in [0.25, 0.3) is 0 Å². The van der Waals surface area contributed by atoms with E-state index in [0.29, 0.717) is 19.6 Å². The molecule has 0 radical (unpaired) electrons. The maximum atomic E-state index is 11.9. The van der Waals surface area contributed by atoms with Gasteiger partial charge >= 0.3 is 6.09 Å². The maximum absolute atomic E-state index is 11.9. The summed E-state index contributed by atoms with van der Waals surface area (Å²) in [5, 5.41) is 0. The number of carbonyl (C=O) groups is 1. The molecule has 0 spiro atoms. The van der Waals surface area contributed by atoms with Crippen LogP contribution in [0.5, 0.6) is 0 Å². The molecular formula is C13H24N2O2. The second-order valence-electron chi connectivity index (χ2n) is 4.83. The molecule has 0 saturated heterocycles. The molecule has 4 heteroatoms. The zero-order chi connectivity index (χ0) is 13.3. The molecule has 0 fully saturated rings. The van der Waals surface area contributed by atoms with E-state index in [0.717, 1.165) is 12.8 Å². The SMILES string of the molecule is C=C=CCN(CCCCN)C(=O)OC(C)(C)C. The first-order valence-electron chi connectivity index (χ1n) is 5.93. The van der Waals surface area contributed by atoms with E-state index in [1.807, 2.05) is 20.8 Å². The van der Waals surface area contributed by atoms with Gasteiger partial charge in [-0.25, -0.2) is 4.79 Å². The highest BCUT2D eigenvalue weighted by atomic mass is 16.6. The van der Waals surface area contributed by atoms with Gasteiger partial charge < -0.3 is 15.4 Å². The van der Waals surface area contributed by atoms with Crippen LogP contribution in [0.3, 0.4) is 0 Å². The first-order chi connectivity index (χ1) is 7.90. The largest absolute Gasteiger partial charge is 0.444 e. The zero-order valence-corrected chi connectivity index (χ0v) is 11.2. The maximum Gasteiger partial charge on any atom is 0.410 e. The molecule has 4 nitrogen and oxygen atoms in total. The fourth-order valence-electron chi connectivity index (χ4n) is 1.21. The predicted octanol–water partition coefficient (Wildman–Crippen LogP) is 2.30. The van der Waals surface area contributed by atoms with Gasteiger partial charge in [0.1, 0.15) is 5.60 Å². The van der Waals surface area contributed by atoms with Crippen LogP contribution in [0.4, 0.5) is 4.79 Å². The predicted molar refractivity (Wildman–Crippen MR) is 69.8 cm³/mol. The number of rotatable bonds is 6. The minimum Gasteiger partial charge on any atom is -0.444 e. The molecule has 98 valence electrons. The average Bonchev–Trinajstić information content (AvgIpc) is 2.20. The Morgan fingerprint density at radius 1 is 1.47 bits per heavy atom. The van der Waals surface area contributed by atoms with Crippen LogP contribution in [0.15, 0.2) is 18.4 Å². The van der Waals surface area contributed by atoms with Gasteiger partial charge in [0, 0.05) is 13.1 Å². The molecule has 0 saturated carbocycles. The minimum atomic E-state index is -0.471. The number of ether oxygens (including phenoxy) is 1. The van der Waals surface area contributed by atoms with E-state index in [1.54, 1.807) is 11.0 Å². The normalized spacial score (nSPS) is 10.6. The molecule has 0 heterocycles. The number of amides is 1. The van der Waals surface area contributed by atoms with Crippen molar-refractivity contribution in [1.82, 2.24) is 4.90 Å². The van der Waals surface area contributed by atoms with E-state index in [-0.39, 0.29) is 6.09 Å². The van der Waals surface area contributed by atoms with Crippen LogP contribution in [-0.4, -0.2) is 36.2 Å². The van der Waals surface area contributed by atoms with E-state index < -0.39 is 5.60 Å². The van der Waals surface area contributed by atoms with E-state index >= 15 is 0 Å². The Hall–Kier alpha value is -1.25. The van der Waals surface area contributed by atoms with Crippen molar-refractivity contribution in [3.8, 4) is 0 Å². The van der Waals surface area contributed by atoms with Crippen LogP contribution in [0, 0.1) is 0 Å². The average molecular weight is 240 g/mol. The van der Waals surface area contributed by atoms with Crippen LogP contribution < -0.4 is 5.73 Å². The third-order valence-corrected chi connectivity index (χ3v) is 1.99.